The molecule has 1 N–H and O–H groups in total. The van der Waals surface area contributed by atoms with Crippen LogP contribution in [-0.4, -0.2) is 28.9 Å². The molecule has 1 fully saturated rings. The summed E-state index contributed by atoms with van der Waals surface area (Å²) in [5.74, 6) is 0.779. The smallest absolute Gasteiger partial charge is 0.293 e. The largest absolute Gasteiger partial charge is 0.459 e. The molecule has 4 rings (SSSR count). The molecule has 27 heavy (non-hydrogen) atoms. The Bertz CT molecular complexity index is 903. The summed E-state index contributed by atoms with van der Waals surface area (Å²) in [5, 5.41) is 5.51. The maximum Gasteiger partial charge on any atom is 0.293 e. The lowest BCUT2D eigenvalue weighted by atomic mass is 10.0. The number of amides is 1. The number of anilines is 1. The van der Waals surface area contributed by atoms with Crippen LogP contribution in [0.2, 0.25) is 0 Å². The number of carbonyl (C=O) groups is 1. The van der Waals surface area contributed by atoms with E-state index in [2.05, 4.69) is 22.1 Å². The molecule has 3 aromatic rings. The molecule has 1 unspecified atom stereocenters. The predicted molar refractivity (Wildman–Crippen MR) is 108 cm³/mol. The van der Waals surface area contributed by atoms with E-state index in [9.17, 15) is 4.79 Å². The molecule has 140 valence electrons. The Balaban J connectivity index is 1.42. The Morgan fingerprint density at radius 2 is 2.19 bits per heavy atom. The topological polar surface area (TPSA) is 58.4 Å². The van der Waals surface area contributed by atoms with Crippen molar-refractivity contribution in [3.05, 3.63) is 59.5 Å². The summed E-state index contributed by atoms with van der Waals surface area (Å²) in [6.07, 6.45) is 4.10. The lowest BCUT2D eigenvalue weighted by Crippen LogP contribution is -2.33. The molecule has 0 spiro atoms. The van der Waals surface area contributed by atoms with Gasteiger partial charge in [-0.15, -0.1) is 11.3 Å². The van der Waals surface area contributed by atoms with Crippen LogP contribution >= 0.6 is 11.3 Å². The van der Waals surface area contributed by atoms with Gasteiger partial charge in [0.1, 0.15) is 0 Å². The Kier molecular flexibility index (Phi) is 5.36. The lowest BCUT2D eigenvalue weighted by molar-refractivity contribution is 0.0997. The van der Waals surface area contributed by atoms with Crippen LogP contribution in [0.5, 0.6) is 0 Å². The number of thiazole rings is 1. The third kappa shape index (κ3) is 4.28. The van der Waals surface area contributed by atoms with Crippen LogP contribution in [0.25, 0.3) is 11.1 Å². The number of benzene rings is 1. The number of nitrogens with one attached hydrogen (secondary N) is 1. The van der Waals surface area contributed by atoms with Crippen LogP contribution in [0.15, 0.2) is 52.5 Å². The van der Waals surface area contributed by atoms with Gasteiger partial charge in [0.05, 0.1) is 12.0 Å². The molecule has 0 saturated carbocycles. The van der Waals surface area contributed by atoms with Crippen LogP contribution < -0.4 is 5.32 Å². The summed E-state index contributed by atoms with van der Waals surface area (Å²) in [7, 11) is 0. The van der Waals surface area contributed by atoms with E-state index in [0.717, 1.165) is 42.4 Å². The van der Waals surface area contributed by atoms with Gasteiger partial charge in [0.2, 0.25) is 0 Å². The second-order valence-corrected chi connectivity index (χ2v) is 7.97. The molecule has 1 atom stereocenters. The first-order valence-electron chi connectivity index (χ1n) is 9.30. The molecule has 2 aromatic heterocycles. The number of piperidine rings is 1. The highest BCUT2D eigenvalue weighted by atomic mass is 32.1. The zero-order valence-electron chi connectivity index (χ0n) is 15.4. The minimum absolute atomic E-state index is 0.272. The number of nitrogens with zero attached hydrogens (tertiary/aromatic N) is 2. The van der Waals surface area contributed by atoms with Crippen molar-refractivity contribution >= 4 is 22.4 Å². The zero-order valence-corrected chi connectivity index (χ0v) is 16.2. The van der Waals surface area contributed by atoms with Gasteiger partial charge in [-0.25, -0.2) is 4.98 Å². The quantitative estimate of drug-likeness (QED) is 0.684. The first kappa shape index (κ1) is 17.9. The molecule has 1 aromatic carbocycles. The molecular formula is C21H23N3O2S. The fourth-order valence-electron chi connectivity index (χ4n) is 3.58. The van der Waals surface area contributed by atoms with Gasteiger partial charge < -0.3 is 4.42 Å². The van der Waals surface area contributed by atoms with Gasteiger partial charge in [-0.2, -0.15) is 0 Å². The molecule has 1 amide bonds. The Labute approximate surface area is 163 Å². The highest BCUT2D eigenvalue weighted by molar-refractivity contribution is 7.14. The van der Waals surface area contributed by atoms with Crippen LogP contribution in [-0.2, 0) is 6.54 Å². The van der Waals surface area contributed by atoms with Crippen LogP contribution in [0.1, 0.15) is 36.0 Å². The van der Waals surface area contributed by atoms with Crippen molar-refractivity contribution < 1.29 is 9.21 Å². The molecule has 0 bridgehead atoms. The third-order valence-electron chi connectivity index (χ3n) is 4.86. The van der Waals surface area contributed by atoms with Crippen LogP contribution in [0.3, 0.4) is 0 Å². The highest BCUT2D eigenvalue weighted by Gasteiger charge is 2.20. The number of hydrogen-bond acceptors (Lipinski definition) is 5. The standard InChI is InChI=1S/C21H23N3O2S/c1-15-6-5-10-24(12-15)13-17-14-27-21(22-17)23-20(25)19-18(9-11-26-19)16-7-3-2-4-8-16/h2-4,7-9,11,14-15H,5-6,10,12-13H2,1H3,(H,22,23,25). The summed E-state index contributed by atoms with van der Waals surface area (Å²) in [6.45, 7) is 5.38. The van der Waals surface area contributed by atoms with Crippen molar-refractivity contribution in [2.24, 2.45) is 5.92 Å². The van der Waals surface area contributed by atoms with E-state index in [4.69, 9.17) is 4.42 Å². The van der Waals surface area contributed by atoms with Gasteiger partial charge >= 0.3 is 0 Å². The first-order chi connectivity index (χ1) is 13.2. The fraction of sp³-hybridized carbons (Fsp3) is 0.333. The maximum atomic E-state index is 12.7. The number of rotatable bonds is 5. The molecule has 5 nitrogen and oxygen atoms in total. The average molecular weight is 382 g/mol. The van der Waals surface area contributed by atoms with Crippen molar-refractivity contribution in [1.29, 1.82) is 0 Å². The summed E-state index contributed by atoms with van der Waals surface area (Å²) < 4.78 is 5.45. The molecular weight excluding hydrogens is 358 g/mol. The SMILES string of the molecule is CC1CCCN(Cc2csc(NC(=O)c3occc3-c3ccccc3)n2)C1. The van der Waals surface area contributed by atoms with Crippen LogP contribution in [0, 0.1) is 5.92 Å². The fourth-order valence-corrected chi connectivity index (χ4v) is 4.28. The Morgan fingerprint density at radius 3 is 3.00 bits per heavy atom. The van der Waals surface area contributed by atoms with Crippen molar-refractivity contribution in [3.63, 3.8) is 0 Å². The Morgan fingerprint density at radius 1 is 1.33 bits per heavy atom. The van der Waals surface area contributed by atoms with E-state index in [1.54, 1.807) is 6.26 Å². The predicted octanol–water partition coefficient (Wildman–Crippen LogP) is 4.89. The molecule has 1 aliphatic heterocycles. The minimum Gasteiger partial charge on any atom is -0.459 e. The Hall–Kier alpha value is -2.44. The number of hydrogen-bond donors (Lipinski definition) is 1. The monoisotopic (exact) mass is 381 g/mol. The highest BCUT2D eigenvalue weighted by Crippen LogP contribution is 2.26. The van der Waals surface area contributed by atoms with Gasteiger partial charge in [-0.1, -0.05) is 37.3 Å². The normalized spacial score (nSPS) is 17.7. The number of likely N-dealkylation sites (tertiary alicyclic amines) is 1. The lowest BCUT2D eigenvalue weighted by Gasteiger charge is -2.30. The van der Waals surface area contributed by atoms with Gasteiger partial charge in [0, 0.05) is 24.0 Å². The summed E-state index contributed by atoms with van der Waals surface area (Å²) in [6, 6.07) is 11.6. The third-order valence-corrected chi connectivity index (χ3v) is 5.66. The second-order valence-electron chi connectivity index (χ2n) is 7.11. The molecule has 1 saturated heterocycles. The van der Waals surface area contributed by atoms with E-state index in [0.29, 0.717) is 10.9 Å². The van der Waals surface area contributed by atoms with Gasteiger partial charge in [0.15, 0.2) is 10.9 Å². The van der Waals surface area contributed by atoms with Crippen molar-refractivity contribution in [1.82, 2.24) is 9.88 Å². The molecule has 6 heteroatoms. The van der Waals surface area contributed by atoms with Crippen molar-refractivity contribution in [3.8, 4) is 11.1 Å². The molecule has 0 radical (unpaired) electrons. The average Bonchev–Trinajstić information content (AvgIpc) is 3.32. The zero-order chi connectivity index (χ0) is 18.6. The number of aromatic nitrogens is 1. The molecule has 0 aliphatic carbocycles. The van der Waals surface area contributed by atoms with E-state index in [-0.39, 0.29) is 5.91 Å². The van der Waals surface area contributed by atoms with Crippen LogP contribution in [0.4, 0.5) is 5.13 Å². The summed E-state index contributed by atoms with van der Waals surface area (Å²) >= 11 is 1.45. The van der Waals surface area contributed by atoms with E-state index >= 15 is 0 Å². The van der Waals surface area contributed by atoms with E-state index < -0.39 is 0 Å². The number of furan rings is 1. The van der Waals surface area contributed by atoms with E-state index in [1.807, 2.05) is 41.8 Å². The van der Waals surface area contributed by atoms with Gasteiger partial charge in [-0.05, 0) is 36.9 Å². The second kappa shape index (κ2) is 8.06. The van der Waals surface area contributed by atoms with Crippen molar-refractivity contribution in [2.75, 3.05) is 18.4 Å². The van der Waals surface area contributed by atoms with Gasteiger partial charge in [-0.3, -0.25) is 15.0 Å². The minimum atomic E-state index is -0.272. The number of carbonyl (C=O) groups excluding carboxylic acids is 1. The summed E-state index contributed by atoms with van der Waals surface area (Å²) in [5.41, 5.74) is 2.75. The molecule has 3 heterocycles. The van der Waals surface area contributed by atoms with E-state index in [1.165, 1.54) is 24.2 Å². The summed E-state index contributed by atoms with van der Waals surface area (Å²) in [4.78, 5) is 19.7. The first-order valence-corrected chi connectivity index (χ1v) is 10.2. The molecule has 1 aliphatic rings. The maximum absolute atomic E-state index is 12.7. The van der Waals surface area contributed by atoms with Gasteiger partial charge in [0.25, 0.3) is 5.91 Å². The van der Waals surface area contributed by atoms with Crippen molar-refractivity contribution in [2.45, 2.75) is 26.3 Å².